The zero-order valence-corrected chi connectivity index (χ0v) is 20.5. The van der Waals surface area contributed by atoms with Crippen LogP contribution in [0.25, 0.3) is 0 Å². The predicted molar refractivity (Wildman–Crippen MR) is 138 cm³/mol. The van der Waals surface area contributed by atoms with Crippen LogP contribution in [-0.4, -0.2) is 46.2 Å². The van der Waals surface area contributed by atoms with Gasteiger partial charge in [0.2, 0.25) is 11.8 Å². The molecule has 2 aromatic carbocycles. The van der Waals surface area contributed by atoms with Crippen LogP contribution in [0.4, 0.5) is 5.82 Å². The predicted octanol–water partition coefficient (Wildman–Crippen LogP) is 2.88. The van der Waals surface area contributed by atoms with Crippen LogP contribution < -0.4 is 21.1 Å². The number of piperidine rings is 1. The molecule has 1 aliphatic carbocycles. The summed E-state index contributed by atoms with van der Waals surface area (Å²) in [7, 11) is 0. The zero-order chi connectivity index (χ0) is 26.0. The van der Waals surface area contributed by atoms with Crippen LogP contribution in [0.5, 0.6) is 11.5 Å². The van der Waals surface area contributed by atoms with Crippen molar-refractivity contribution in [3.05, 3.63) is 84.1 Å². The molecule has 1 aliphatic heterocycles. The molecule has 9 heteroatoms. The van der Waals surface area contributed by atoms with Crippen molar-refractivity contribution in [3.8, 4) is 11.5 Å². The molecule has 2 heterocycles. The van der Waals surface area contributed by atoms with Crippen molar-refractivity contribution in [2.45, 2.75) is 38.4 Å². The molecule has 0 radical (unpaired) electrons. The zero-order valence-electron chi connectivity index (χ0n) is 20.5. The molecule has 1 aromatic heterocycles. The van der Waals surface area contributed by atoms with Crippen LogP contribution in [0.1, 0.15) is 35.7 Å². The summed E-state index contributed by atoms with van der Waals surface area (Å²) in [6.07, 6.45) is 3.08. The molecule has 0 bridgehead atoms. The number of hydrogen-bond donors (Lipinski definition) is 3. The second kappa shape index (κ2) is 9.93. The Morgan fingerprint density at radius 1 is 1.00 bits per heavy atom. The smallest absolute Gasteiger partial charge is 0.251 e. The van der Waals surface area contributed by atoms with Gasteiger partial charge in [-0.05, 0) is 66.3 Å². The van der Waals surface area contributed by atoms with Gasteiger partial charge in [-0.3, -0.25) is 14.4 Å². The molecule has 1 saturated carbocycles. The fourth-order valence-corrected chi connectivity index (χ4v) is 4.86. The molecule has 37 heavy (non-hydrogen) atoms. The fourth-order valence-electron chi connectivity index (χ4n) is 4.86. The Labute approximate surface area is 215 Å². The van der Waals surface area contributed by atoms with Gasteiger partial charge in [-0.25, -0.2) is 4.98 Å². The normalized spacial score (nSPS) is 21.6. The molecule has 1 saturated heterocycles. The topological polar surface area (TPSA) is 127 Å². The minimum Gasteiger partial charge on any atom is -0.457 e. The lowest BCUT2D eigenvalue weighted by atomic mass is 10.0. The number of fused-ring (bicyclic) bond motifs is 1. The van der Waals surface area contributed by atoms with E-state index in [-0.39, 0.29) is 35.7 Å². The first kappa shape index (κ1) is 24.3. The second-order valence-electron chi connectivity index (χ2n) is 9.83. The molecule has 2 aliphatic rings. The minimum absolute atomic E-state index is 0.0141. The average molecular weight is 500 g/mol. The summed E-state index contributed by atoms with van der Waals surface area (Å²) < 4.78 is 5.75. The number of carbonyl (C=O) groups excluding carboxylic acids is 3. The maximum atomic E-state index is 13.1. The first-order chi connectivity index (χ1) is 17.8. The lowest BCUT2D eigenvalue weighted by molar-refractivity contribution is -0.139. The first-order valence-corrected chi connectivity index (χ1v) is 12.2. The number of rotatable bonds is 8. The quantitative estimate of drug-likeness (QED) is 0.438. The SMILES string of the molecule is C[C@@]12C[C@@H]1N(C(=O)CNC(=O)c1ccc(Oc3ccccc3)cc1)[C@H](C(=O)NCc1ccc(N)nc1)C2. The van der Waals surface area contributed by atoms with E-state index in [4.69, 9.17) is 10.5 Å². The third-order valence-corrected chi connectivity index (χ3v) is 7.04. The van der Waals surface area contributed by atoms with Crippen molar-refractivity contribution in [2.24, 2.45) is 5.41 Å². The number of nitrogens with two attached hydrogens (primary N) is 1. The van der Waals surface area contributed by atoms with Crippen LogP contribution >= 0.6 is 0 Å². The molecule has 9 nitrogen and oxygen atoms in total. The van der Waals surface area contributed by atoms with Crippen LogP contribution in [0.3, 0.4) is 0 Å². The summed E-state index contributed by atoms with van der Waals surface area (Å²) in [5.74, 6) is 0.874. The Balaban J connectivity index is 1.16. The number of ether oxygens (including phenoxy) is 1. The van der Waals surface area contributed by atoms with Crippen molar-refractivity contribution in [1.29, 1.82) is 0 Å². The molecule has 190 valence electrons. The molecule has 3 amide bonds. The third-order valence-electron chi connectivity index (χ3n) is 7.04. The summed E-state index contributed by atoms with van der Waals surface area (Å²) in [5.41, 5.74) is 6.79. The highest BCUT2D eigenvalue weighted by Crippen LogP contribution is 2.59. The van der Waals surface area contributed by atoms with E-state index in [0.29, 0.717) is 35.8 Å². The van der Waals surface area contributed by atoms with Crippen molar-refractivity contribution in [2.75, 3.05) is 12.3 Å². The Bertz CT molecular complexity index is 1300. The van der Waals surface area contributed by atoms with E-state index in [1.807, 2.05) is 30.3 Å². The molecule has 0 spiro atoms. The first-order valence-electron chi connectivity index (χ1n) is 12.2. The van der Waals surface area contributed by atoms with Crippen LogP contribution in [0.15, 0.2) is 72.9 Å². The molecule has 2 fully saturated rings. The number of carbonyl (C=O) groups is 3. The average Bonchev–Trinajstić information content (AvgIpc) is 3.47. The molecular formula is C28H29N5O4. The number of anilines is 1. The van der Waals surface area contributed by atoms with E-state index in [9.17, 15) is 14.4 Å². The van der Waals surface area contributed by atoms with Gasteiger partial charge in [0.25, 0.3) is 5.91 Å². The van der Waals surface area contributed by atoms with E-state index in [1.54, 1.807) is 47.5 Å². The Kier molecular flexibility index (Phi) is 6.52. The number of hydrogen-bond acceptors (Lipinski definition) is 6. The van der Waals surface area contributed by atoms with Gasteiger partial charge >= 0.3 is 0 Å². The maximum Gasteiger partial charge on any atom is 0.251 e. The number of pyridine rings is 1. The van der Waals surface area contributed by atoms with Gasteiger partial charge < -0.3 is 26.0 Å². The van der Waals surface area contributed by atoms with E-state index in [2.05, 4.69) is 22.5 Å². The van der Waals surface area contributed by atoms with Gasteiger partial charge in [0, 0.05) is 24.3 Å². The highest BCUT2D eigenvalue weighted by Gasteiger charge is 2.64. The van der Waals surface area contributed by atoms with E-state index in [0.717, 1.165) is 12.0 Å². The van der Waals surface area contributed by atoms with E-state index >= 15 is 0 Å². The van der Waals surface area contributed by atoms with Crippen molar-refractivity contribution >= 4 is 23.5 Å². The largest absolute Gasteiger partial charge is 0.457 e. The van der Waals surface area contributed by atoms with Crippen molar-refractivity contribution in [1.82, 2.24) is 20.5 Å². The highest BCUT2D eigenvalue weighted by molar-refractivity contribution is 5.97. The lowest BCUT2D eigenvalue weighted by Crippen LogP contribution is -2.50. The Hall–Kier alpha value is -4.40. The van der Waals surface area contributed by atoms with E-state index < -0.39 is 6.04 Å². The Morgan fingerprint density at radius 2 is 1.73 bits per heavy atom. The highest BCUT2D eigenvalue weighted by atomic mass is 16.5. The molecule has 4 N–H and O–H groups in total. The summed E-state index contributed by atoms with van der Waals surface area (Å²) in [5, 5.41) is 5.60. The van der Waals surface area contributed by atoms with E-state index in [1.165, 1.54) is 0 Å². The number of nitrogens with zero attached hydrogens (tertiary/aromatic N) is 2. The standard InChI is InChI=1S/C28H29N5O4/c1-28-13-22(27(36)31-16-18-7-12-24(29)30-15-18)33(23(28)14-28)25(34)17-32-26(35)19-8-10-21(11-9-19)37-20-5-3-2-4-6-20/h2-12,15,22-23H,13-14,16-17H2,1H3,(H2,29,30)(H,31,36)(H,32,35)/t22-,23-,28+/m0/s1. The summed E-state index contributed by atoms with van der Waals surface area (Å²) in [6.45, 7) is 2.21. The molecule has 3 atom stereocenters. The number of aromatic nitrogens is 1. The number of nitrogen functional groups attached to an aromatic ring is 1. The minimum atomic E-state index is -0.565. The molecule has 0 unspecified atom stereocenters. The summed E-state index contributed by atoms with van der Waals surface area (Å²) >= 11 is 0. The third kappa shape index (κ3) is 5.40. The van der Waals surface area contributed by atoms with Gasteiger partial charge in [0.1, 0.15) is 23.4 Å². The molecule has 3 aromatic rings. The number of likely N-dealkylation sites (tertiary alicyclic amines) is 1. The van der Waals surface area contributed by atoms with Gasteiger partial charge in [0.15, 0.2) is 0 Å². The fraction of sp³-hybridized carbons (Fsp3) is 0.286. The van der Waals surface area contributed by atoms with Gasteiger partial charge in [-0.15, -0.1) is 0 Å². The number of para-hydroxylation sites is 1. The van der Waals surface area contributed by atoms with Crippen LogP contribution in [-0.2, 0) is 16.1 Å². The van der Waals surface area contributed by atoms with Crippen LogP contribution in [0, 0.1) is 5.41 Å². The lowest BCUT2D eigenvalue weighted by Gasteiger charge is -2.27. The Morgan fingerprint density at radius 3 is 2.43 bits per heavy atom. The van der Waals surface area contributed by atoms with Crippen molar-refractivity contribution in [3.63, 3.8) is 0 Å². The van der Waals surface area contributed by atoms with Gasteiger partial charge in [-0.1, -0.05) is 31.2 Å². The number of amides is 3. The van der Waals surface area contributed by atoms with Crippen molar-refractivity contribution < 1.29 is 19.1 Å². The van der Waals surface area contributed by atoms with Gasteiger partial charge in [-0.2, -0.15) is 0 Å². The summed E-state index contributed by atoms with van der Waals surface area (Å²) in [6, 6.07) is 19.0. The van der Waals surface area contributed by atoms with Crippen LogP contribution in [0.2, 0.25) is 0 Å². The summed E-state index contributed by atoms with van der Waals surface area (Å²) in [4.78, 5) is 44.5. The maximum absolute atomic E-state index is 13.1. The number of benzene rings is 2. The second-order valence-corrected chi connectivity index (χ2v) is 9.83. The molecular weight excluding hydrogens is 470 g/mol. The monoisotopic (exact) mass is 499 g/mol. The molecule has 5 rings (SSSR count). The van der Waals surface area contributed by atoms with Gasteiger partial charge in [0.05, 0.1) is 6.54 Å². The number of nitrogens with one attached hydrogen (secondary N) is 2.